The normalized spacial score (nSPS) is 13.8. The third kappa shape index (κ3) is 6.21. The number of imidazole rings is 1. The Labute approximate surface area is 202 Å². The van der Waals surface area contributed by atoms with Gasteiger partial charge >= 0.3 is 18.2 Å². The summed E-state index contributed by atoms with van der Waals surface area (Å²) in [6.45, 7) is 7.48. The number of alkyl halides is 3. The summed E-state index contributed by atoms with van der Waals surface area (Å²) in [5.41, 5.74) is 2.70. The number of carboxylic acid groups (broad SMARTS) is 1. The number of H-pyrrole nitrogens is 2. The molecule has 3 aromatic rings. The number of ether oxygens (including phenoxy) is 1. The third-order valence-electron chi connectivity index (χ3n) is 5.30. The van der Waals surface area contributed by atoms with E-state index in [2.05, 4.69) is 25.5 Å². The highest BCUT2D eigenvalue weighted by Crippen LogP contribution is 2.30. The average molecular weight is 515 g/mol. The molecule has 2 aromatic heterocycles. The number of aromatic amines is 2. The highest BCUT2D eigenvalue weighted by Gasteiger charge is 2.38. The van der Waals surface area contributed by atoms with Gasteiger partial charge in [0, 0.05) is 38.4 Å². The number of fused-ring (bicyclic) bond motifs is 1. The molecule has 0 bridgehead atoms. The van der Waals surface area contributed by atoms with Crippen LogP contribution < -0.4 is 10.2 Å². The molecule has 0 spiro atoms. The van der Waals surface area contributed by atoms with Gasteiger partial charge in [0.2, 0.25) is 0 Å². The number of hydrogen-bond acceptors (Lipinski definition) is 6. The van der Waals surface area contributed by atoms with Crippen LogP contribution in [0, 0.1) is 5.82 Å². The molecule has 15 heteroatoms. The predicted octanol–water partition coefficient (Wildman–Crippen LogP) is 3.44. The molecule has 4 rings (SSSR count). The highest BCUT2D eigenvalue weighted by atomic mass is 19.4. The number of aliphatic carboxylic acids is 1. The number of carboxylic acids is 1. The molecule has 1 saturated heterocycles. The van der Waals surface area contributed by atoms with Crippen LogP contribution in [0.25, 0.3) is 22.6 Å². The summed E-state index contributed by atoms with van der Waals surface area (Å²) in [5, 5.41) is 16.9. The molecular formula is C21H25F4N7O4. The number of benzene rings is 1. The fourth-order valence-corrected chi connectivity index (χ4v) is 3.45. The Morgan fingerprint density at radius 1 is 1.22 bits per heavy atom. The summed E-state index contributed by atoms with van der Waals surface area (Å²) in [4.78, 5) is 32.6. The number of aromatic nitrogens is 4. The van der Waals surface area contributed by atoms with Crippen molar-refractivity contribution in [3.63, 3.8) is 0 Å². The van der Waals surface area contributed by atoms with Gasteiger partial charge < -0.3 is 29.9 Å². The van der Waals surface area contributed by atoms with Crippen LogP contribution >= 0.6 is 0 Å². The number of morpholine rings is 1. The minimum absolute atomic E-state index is 0.214. The molecule has 3 heterocycles. The lowest BCUT2D eigenvalue weighted by Gasteiger charge is -2.29. The zero-order valence-corrected chi connectivity index (χ0v) is 19.4. The summed E-state index contributed by atoms with van der Waals surface area (Å²) in [6, 6.07) is 2.96. The first-order chi connectivity index (χ1) is 17.0. The van der Waals surface area contributed by atoms with Gasteiger partial charge in [0.1, 0.15) is 5.82 Å². The van der Waals surface area contributed by atoms with Crippen molar-refractivity contribution in [2.75, 3.05) is 49.6 Å². The van der Waals surface area contributed by atoms with E-state index in [1.165, 1.54) is 6.07 Å². The van der Waals surface area contributed by atoms with Gasteiger partial charge in [-0.2, -0.15) is 18.3 Å². The first kappa shape index (κ1) is 26.7. The van der Waals surface area contributed by atoms with E-state index in [0.29, 0.717) is 73.3 Å². The van der Waals surface area contributed by atoms with Crippen LogP contribution in [0.1, 0.15) is 13.8 Å². The number of nitrogens with zero attached hydrogens (tertiary/aromatic N) is 4. The summed E-state index contributed by atoms with van der Waals surface area (Å²) in [5.74, 6) is -2.63. The van der Waals surface area contributed by atoms with Crippen LogP contribution in [0.4, 0.5) is 33.7 Å². The molecule has 4 N–H and O–H groups in total. The van der Waals surface area contributed by atoms with Gasteiger partial charge in [-0.05, 0) is 19.9 Å². The van der Waals surface area contributed by atoms with Crippen molar-refractivity contribution in [2.24, 2.45) is 0 Å². The lowest BCUT2D eigenvalue weighted by atomic mass is 10.2. The number of urea groups is 1. The molecule has 1 aliphatic heterocycles. The Balaban J connectivity index is 0.000000454. The molecule has 0 unspecified atom stereocenters. The zero-order chi connectivity index (χ0) is 26.5. The van der Waals surface area contributed by atoms with Crippen LogP contribution in [0.2, 0.25) is 0 Å². The van der Waals surface area contributed by atoms with Gasteiger partial charge in [0.15, 0.2) is 11.5 Å². The average Bonchev–Trinajstić information content (AvgIpc) is 3.46. The number of carbonyl (C=O) groups is 2. The van der Waals surface area contributed by atoms with Crippen LogP contribution in [0.5, 0.6) is 0 Å². The van der Waals surface area contributed by atoms with E-state index in [-0.39, 0.29) is 11.8 Å². The van der Waals surface area contributed by atoms with E-state index >= 15 is 0 Å². The number of rotatable bonds is 5. The standard InChI is InChI=1S/C19H24FN7O2.C2HF3O2/c1-3-26(4-2)19(28)24-15-11-21-25-17(15)18-22-13-9-12(20)16(10-14(13)23-18)27-5-7-29-8-6-27;3-2(4,5)1(6)7/h9-11H,3-8H2,1-2H3,(H,21,25)(H,22,23)(H,24,28);(H,6,7). The summed E-state index contributed by atoms with van der Waals surface area (Å²) in [7, 11) is 0. The predicted molar refractivity (Wildman–Crippen MR) is 122 cm³/mol. The number of hydrogen-bond donors (Lipinski definition) is 4. The second-order valence-electron chi connectivity index (χ2n) is 7.56. The Morgan fingerprint density at radius 2 is 1.86 bits per heavy atom. The van der Waals surface area contributed by atoms with Crippen molar-refractivity contribution in [2.45, 2.75) is 20.0 Å². The van der Waals surface area contributed by atoms with Gasteiger partial charge in [-0.15, -0.1) is 0 Å². The van der Waals surface area contributed by atoms with Crippen molar-refractivity contribution >= 4 is 34.4 Å². The molecule has 0 atom stereocenters. The van der Waals surface area contributed by atoms with Crippen molar-refractivity contribution in [1.29, 1.82) is 0 Å². The van der Waals surface area contributed by atoms with Gasteiger partial charge in [0.05, 0.1) is 35.6 Å². The van der Waals surface area contributed by atoms with Gasteiger partial charge in [-0.25, -0.2) is 19.0 Å². The van der Waals surface area contributed by atoms with Crippen LogP contribution in [0.3, 0.4) is 0 Å². The van der Waals surface area contributed by atoms with Crippen molar-refractivity contribution in [3.8, 4) is 11.5 Å². The number of carbonyl (C=O) groups excluding carboxylic acids is 1. The van der Waals surface area contributed by atoms with Crippen LogP contribution in [-0.2, 0) is 9.53 Å². The number of anilines is 2. The largest absolute Gasteiger partial charge is 0.490 e. The van der Waals surface area contributed by atoms with Crippen LogP contribution in [0.15, 0.2) is 18.3 Å². The molecule has 1 aliphatic rings. The Kier molecular flexibility index (Phi) is 8.34. The molecule has 2 amide bonds. The van der Waals surface area contributed by atoms with Crippen molar-refractivity contribution < 1.29 is 37.0 Å². The number of amides is 2. The zero-order valence-electron chi connectivity index (χ0n) is 19.4. The summed E-state index contributed by atoms with van der Waals surface area (Å²) < 4.78 is 51.7. The van der Waals surface area contributed by atoms with Gasteiger partial charge in [-0.3, -0.25) is 5.10 Å². The quantitative estimate of drug-likeness (QED) is 0.382. The van der Waals surface area contributed by atoms with E-state index in [1.807, 2.05) is 18.7 Å². The molecule has 0 aliphatic carbocycles. The van der Waals surface area contributed by atoms with E-state index in [0.717, 1.165) is 0 Å². The molecule has 0 radical (unpaired) electrons. The van der Waals surface area contributed by atoms with Crippen LogP contribution in [-0.4, -0.2) is 87.7 Å². The SMILES string of the molecule is CCN(CC)C(=O)Nc1c[nH]nc1-c1nc2cc(F)c(N3CCOCC3)cc2[nH]1.O=C(O)C(F)(F)F. The minimum atomic E-state index is -5.08. The lowest BCUT2D eigenvalue weighted by Crippen LogP contribution is -2.36. The Morgan fingerprint density at radius 3 is 2.44 bits per heavy atom. The smallest absolute Gasteiger partial charge is 0.475 e. The topological polar surface area (TPSA) is 139 Å². The molecule has 0 saturated carbocycles. The second kappa shape index (κ2) is 11.2. The molecule has 36 heavy (non-hydrogen) atoms. The fraction of sp³-hybridized carbons (Fsp3) is 0.429. The summed E-state index contributed by atoms with van der Waals surface area (Å²) >= 11 is 0. The van der Waals surface area contributed by atoms with Crippen molar-refractivity contribution in [1.82, 2.24) is 25.1 Å². The van der Waals surface area contributed by atoms with E-state index < -0.39 is 12.1 Å². The van der Waals surface area contributed by atoms with Gasteiger partial charge in [0.25, 0.3) is 0 Å². The molecule has 11 nitrogen and oxygen atoms in total. The number of nitrogens with one attached hydrogen (secondary N) is 3. The van der Waals surface area contributed by atoms with Gasteiger partial charge in [-0.1, -0.05) is 0 Å². The molecule has 1 fully saturated rings. The first-order valence-corrected chi connectivity index (χ1v) is 11.0. The van der Waals surface area contributed by atoms with E-state index in [9.17, 15) is 22.4 Å². The summed E-state index contributed by atoms with van der Waals surface area (Å²) in [6.07, 6.45) is -3.48. The third-order valence-corrected chi connectivity index (χ3v) is 5.30. The lowest BCUT2D eigenvalue weighted by molar-refractivity contribution is -0.192. The minimum Gasteiger partial charge on any atom is -0.475 e. The maximum absolute atomic E-state index is 14.7. The van der Waals surface area contributed by atoms with E-state index in [4.69, 9.17) is 14.6 Å². The maximum atomic E-state index is 14.7. The first-order valence-electron chi connectivity index (χ1n) is 11.0. The maximum Gasteiger partial charge on any atom is 0.490 e. The number of halogens is 4. The van der Waals surface area contributed by atoms with Crippen molar-refractivity contribution in [3.05, 3.63) is 24.1 Å². The monoisotopic (exact) mass is 515 g/mol. The molecular weight excluding hydrogens is 490 g/mol. The highest BCUT2D eigenvalue weighted by molar-refractivity contribution is 5.93. The Bertz CT molecular complexity index is 1200. The van der Waals surface area contributed by atoms with E-state index in [1.54, 1.807) is 17.2 Å². The fourth-order valence-electron chi connectivity index (χ4n) is 3.45. The Hall–Kier alpha value is -3.88. The molecule has 196 valence electrons. The second-order valence-corrected chi connectivity index (χ2v) is 7.56. The molecule has 1 aromatic carbocycles.